The van der Waals surface area contributed by atoms with Gasteiger partial charge in [-0.15, -0.1) is 0 Å². The van der Waals surface area contributed by atoms with Crippen LogP contribution in [0.5, 0.6) is 0 Å². The van der Waals surface area contributed by atoms with Crippen molar-refractivity contribution in [2.75, 3.05) is 0 Å². The lowest BCUT2D eigenvalue weighted by atomic mass is 9.94. The highest BCUT2D eigenvalue weighted by molar-refractivity contribution is 7.95. The smallest absolute Gasteiger partial charge is 0.417 e. The summed E-state index contributed by atoms with van der Waals surface area (Å²) in [5.74, 6) is 0. The van der Waals surface area contributed by atoms with Gasteiger partial charge in [-0.05, 0) is 53.6 Å². The normalized spacial score (nSPS) is 12.0. The fourth-order valence-electron chi connectivity index (χ4n) is 6.91. The van der Waals surface area contributed by atoms with Crippen LogP contribution in [0.4, 0.5) is 18.9 Å². The molecule has 2 aromatic heterocycles. The Morgan fingerprint density at radius 3 is 1.75 bits per heavy atom. The van der Waals surface area contributed by atoms with Crippen LogP contribution < -0.4 is 28.3 Å². The van der Waals surface area contributed by atoms with Crippen molar-refractivity contribution in [1.29, 1.82) is 0 Å². The molecule has 7 aromatic rings. The van der Waals surface area contributed by atoms with Crippen LogP contribution in [0.2, 0.25) is 0 Å². The van der Waals surface area contributed by atoms with Gasteiger partial charge in [0.2, 0.25) is 0 Å². The number of pyridine rings is 1. The summed E-state index contributed by atoms with van der Waals surface area (Å²) >= 11 is 0. The van der Waals surface area contributed by atoms with Crippen LogP contribution in [0.15, 0.2) is 158 Å². The maximum atomic E-state index is 15.4. The molecule has 10 heteroatoms. The molecule has 0 bridgehead atoms. The van der Waals surface area contributed by atoms with E-state index in [4.69, 9.17) is 0 Å². The minimum Gasteiger partial charge on any atom is -1.00 e. The molecule has 0 aliphatic rings. The molecule has 5 aromatic carbocycles. The fourth-order valence-corrected chi connectivity index (χ4v) is 11.2. The molecule has 7 rings (SSSR count). The molecule has 0 fully saturated rings. The second-order valence-electron chi connectivity index (χ2n) is 12.2. The summed E-state index contributed by atoms with van der Waals surface area (Å²) in [6.45, 7) is 0. The number of rotatable bonds is 9. The van der Waals surface area contributed by atoms with Crippen molar-refractivity contribution < 1.29 is 30.5 Å². The zero-order valence-corrected chi connectivity index (χ0v) is 29.6. The van der Waals surface area contributed by atoms with E-state index in [1.165, 1.54) is 6.07 Å². The third-order valence-electron chi connectivity index (χ3n) is 9.18. The number of alkyl halides is 3. The molecule has 0 saturated heterocycles. The summed E-state index contributed by atoms with van der Waals surface area (Å²) in [4.78, 5) is 15.6. The van der Waals surface area contributed by atoms with Crippen molar-refractivity contribution in [3.05, 3.63) is 185 Å². The summed E-state index contributed by atoms with van der Waals surface area (Å²) in [5.41, 5.74) is 0.798. The largest absolute Gasteiger partial charge is 1.00 e. The Labute approximate surface area is 306 Å². The highest BCUT2D eigenvalue weighted by Gasteiger charge is 2.46. The standard InChI is InChI=1S/C42H32F3N3O2P.ClH/c1-47-40(39(37-27-32(48(49)50)28-46-41(37)47)38(42(43,44)45)26-30-16-6-2-7-17-30)36-25-15-14-18-31(36)29-51(33-19-8-3-9-20-33,34-21-10-4-11-22-34)35-23-12-5-13-24-35;/h2-28H,29H2,1H3;1H/q+1;/p-1. The molecule has 0 amide bonds. The number of nitro groups is 1. The molecule has 0 spiro atoms. The van der Waals surface area contributed by atoms with E-state index in [1.54, 1.807) is 41.9 Å². The summed E-state index contributed by atoms with van der Waals surface area (Å²) in [7, 11) is -0.802. The first-order valence-electron chi connectivity index (χ1n) is 16.3. The molecular weight excluding hydrogens is 702 g/mol. The quantitative estimate of drug-likeness (QED) is 0.0938. The Kier molecular flexibility index (Phi) is 10.4. The van der Waals surface area contributed by atoms with E-state index < -0.39 is 29.6 Å². The average molecular weight is 734 g/mol. The predicted octanol–water partition coefficient (Wildman–Crippen LogP) is 6.75. The van der Waals surface area contributed by atoms with Crippen LogP contribution in [0.1, 0.15) is 16.7 Å². The maximum absolute atomic E-state index is 15.4. The van der Waals surface area contributed by atoms with E-state index in [2.05, 4.69) is 41.4 Å². The predicted molar refractivity (Wildman–Crippen MR) is 202 cm³/mol. The van der Waals surface area contributed by atoms with Crippen molar-refractivity contribution in [3.8, 4) is 11.3 Å². The summed E-state index contributed by atoms with van der Waals surface area (Å²) < 4.78 is 47.8. The molecule has 52 heavy (non-hydrogen) atoms. The van der Waals surface area contributed by atoms with Gasteiger partial charge in [-0.25, -0.2) is 4.98 Å². The van der Waals surface area contributed by atoms with Gasteiger partial charge < -0.3 is 17.0 Å². The Balaban J connectivity index is 0.00000464. The Hall–Kier alpha value is -5.56. The minimum atomic E-state index is -4.81. The maximum Gasteiger partial charge on any atom is 0.417 e. The summed E-state index contributed by atoms with van der Waals surface area (Å²) in [6.07, 6.45) is -2.12. The van der Waals surface area contributed by atoms with E-state index in [9.17, 15) is 10.1 Å². The molecule has 0 aliphatic heterocycles. The van der Waals surface area contributed by atoms with Crippen molar-refractivity contribution in [3.63, 3.8) is 0 Å². The second kappa shape index (κ2) is 15.0. The molecule has 0 radical (unpaired) electrons. The first kappa shape index (κ1) is 36.2. The lowest BCUT2D eigenvalue weighted by Crippen LogP contribution is -3.00. The number of halogens is 4. The van der Waals surface area contributed by atoms with Gasteiger partial charge in [-0.3, -0.25) is 10.1 Å². The zero-order valence-electron chi connectivity index (χ0n) is 27.9. The van der Waals surface area contributed by atoms with Gasteiger partial charge >= 0.3 is 6.18 Å². The number of aromatic nitrogens is 2. The lowest BCUT2D eigenvalue weighted by Gasteiger charge is -2.29. The van der Waals surface area contributed by atoms with Gasteiger partial charge in [0.05, 0.1) is 22.4 Å². The number of aryl methyl sites for hydroxylation is 1. The molecular formula is C42H32ClF3N3O2P. The van der Waals surface area contributed by atoms with Crippen LogP contribution in [-0.2, 0) is 13.2 Å². The molecule has 5 nitrogen and oxygen atoms in total. The minimum absolute atomic E-state index is 0. The van der Waals surface area contributed by atoms with Crippen molar-refractivity contribution in [2.45, 2.75) is 12.3 Å². The van der Waals surface area contributed by atoms with Crippen LogP contribution in [0.25, 0.3) is 33.9 Å². The van der Waals surface area contributed by atoms with Crippen LogP contribution in [0.3, 0.4) is 0 Å². The molecule has 0 N–H and O–H groups in total. The number of allylic oxidation sites excluding steroid dienone is 1. The molecule has 0 unspecified atom stereocenters. The highest BCUT2D eigenvalue weighted by atomic mass is 35.5. The van der Waals surface area contributed by atoms with E-state index >= 15 is 13.2 Å². The lowest BCUT2D eigenvalue weighted by molar-refractivity contribution is -0.385. The molecule has 0 saturated carbocycles. The Morgan fingerprint density at radius 2 is 1.25 bits per heavy atom. The number of fused-ring (bicyclic) bond motifs is 1. The van der Waals surface area contributed by atoms with Crippen molar-refractivity contribution >= 4 is 51.5 Å². The fraction of sp³-hybridized carbons (Fsp3) is 0.0714. The zero-order chi connectivity index (χ0) is 35.6. The third kappa shape index (κ3) is 6.75. The molecule has 260 valence electrons. The second-order valence-corrected chi connectivity index (χ2v) is 15.7. The van der Waals surface area contributed by atoms with E-state index in [1.807, 2.05) is 78.9 Å². The van der Waals surface area contributed by atoms with Crippen molar-refractivity contribution in [2.24, 2.45) is 7.05 Å². The van der Waals surface area contributed by atoms with Crippen molar-refractivity contribution in [1.82, 2.24) is 9.55 Å². The number of benzene rings is 5. The first-order valence-corrected chi connectivity index (χ1v) is 18.3. The van der Waals surface area contributed by atoms with E-state index in [0.29, 0.717) is 17.3 Å². The van der Waals surface area contributed by atoms with Gasteiger partial charge in [0.1, 0.15) is 35.0 Å². The van der Waals surface area contributed by atoms with E-state index in [0.717, 1.165) is 33.7 Å². The van der Waals surface area contributed by atoms with Gasteiger partial charge in [0.25, 0.3) is 5.69 Å². The van der Waals surface area contributed by atoms with Crippen LogP contribution in [-0.4, -0.2) is 20.7 Å². The molecule has 0 aliphatic carbocycles. The average Bonchev–Trinajstić information content (AvgIpc) is 3.44. The highest BCUT2D eigenvalue weighted by Crippen LogP contribution is 2.59. The topological polar surface area (TPSA) is 61.0 Å². The number of hydrogen-bond acceptors (Lipinski definition) is 3. The Morgan fingerprint density at radius 1 is 0.769 bits per heavy atom. The number of hydrogen-bond donors (Lipinski definition) is 0. The third-order valence-corrected chi connectivity index (χ3v) is 13.5. The van der Waals surface area contributed by atoms with Gasteiger partial charge in [-0.1, -0.05) is 109 Å². The number of nitrogens with zero attached hydrogens (tertiary/aromatic N) is 3. The van der Waals surface area contributed by atoms with Gasteiger partial charge in [-0.2, -0.15) is 13.2 Å². The van der Waals surface area contributed by atoms with E-state index in [-0.39, 0.29) is 34.7 Å². The molecule has 2 heterocycles. The molecule has 0 atom stereocenters. The SMILES string of the molecule is Cn1c(-c2ccccc2C[P+](c2ccccc2)(c2ccccc2)c2ccccc2)c(C(=Cc2ccccc2)C(F)(F)F)c2cc([N+](=O)[O-])cnc21.[Cl-]. The first-order chi connectivity index (χ1) is 24.7. The van der Waals surface area contributed by atoms with Crippen LogP contribution >= 0.6 is 7.26 Å². The van der Waals surface area contributed by atoms with Gasteiger partial charge in [0.15, 0.2) is 0 Å². The summed E-state index contributed by atoms with van der Waals surface area (Å²) in [6, 6.07) is 47.9. The van der Waals surface area contributed by atoms with Crippen LogP contribution in [0, 0.1) is 10.1 Å². The van der Waals surface area contributed by atoms with Gasteiger partial charge in [0, 0.05) is 29.6 Å². The Bertz CT molecular complexity index is 2270. The monoisotopic (exact) mass is 733 g/mol. The summed E-state index contributed by atoms with van der Waals surface area (Å²) in [5, 5.41) is 15.4.